The Morgan fingerprint density at radius 2 is 1.92 bits per heavy atom. The molecular formula is C19H22FN3O3. The van der Waals surface area contributed by atoms with E-state index in [1.807, 2.05) is 13.8 Å². The molecule has 1 saturated heterocycles. The van der Waals surface area contributed by atoms with Crippen molar-refractivity contribution in [2.24, 2.45) is 0 Å². The highest BCUT2D eigenvalue weighted by molar-refractivity contribution is 5.85. The highest BCUT2D eigenvalue weighted by Gasteiger charge is 2.32. The van der Waals surface area contributed by atoms with Crippen molar-refractivity contribution in [2.45, 2.75) is 45.6 Å². The van der Waals surface area contributed by atoms with E-state index >= 15 is 0 Å². The summed E-state index contributed by atoms with van der Waals surface area (Å²) >= 11 is 0. The van der Waals surface area contributed by atoms with Crippen LogP contribution in [0.2, 0.25) is 0 Å². The number of benzene rings is 1. The number of hydrogen-bond acceptors (Lipinski definition) is 3. The Hall–Kier alpha value is -2.70. The van der Waals surface area contributed by atoms with Crippen molar-refractivity contribution in [1.82, 2.24) is 14.7 Å². The molecule has 1 aromatic carbocycles. The van der Waals surface area contributed by atoms with Gasteiger partial charge >= 0.3 is 5.97 Å². The van der Waals surface area contributed by atoms with Gasteiger partial charge < -0.3 is 10.0 Å². The van der Waals surface area contributed by atoms with E-state index in [9.17, 15) is 19.1 Å². The molecule has 1 fully saturated rings. The van der Waals surface area contributed by atoms with E-state index in [-0.39, 0.29) is 18.1 Å². The van der Waals surface area contributed by atoms with Gasteiger partial charge in [0.15, 0.2) is 0 Å². The van der Waals surface area contributed by atoms with Gasteiger partial charge in [-0.2, -0.15) is 5.10 Å². The SMILES string of the molecule is Cc1nn(-c2ccc(F)cc2)c(C)c1CC(=O)N1CCCC[C@H]1C(=O)O. The van der Waals surface area contributed by atoms with E-state index < -0.39 is 12.0 Å². The number of likely N-dealkylation sites (tertiary alicyclic amines) is 1. The van der Waals surface area contributed by atoms with E-state index in [1.54, 1.807) is 16.8 Å². The number of halogens is 1. The van der Waals surface area contributed by atoms with Gasteiger partial charge in [0.2, 0.25) is 5.91 Å². The lowest BCUT2D eigenvalue weighted by molar-refractivity contribution is -0.151. The average Bonchev–Trinajstić information content (AvgIpc) is 2.90. The third-order valence-corrected chi connectivity index (χ3v) is 4.95. The minimum Gasteiger partial charge on any atom is -0.480 e. The number of aromatic nitrogens is 2. The molecule has 0 aliphatic carbocycles. The summed E-state index contributed by atoms with van der Waals surface area (Å²) in [7, 11) is 0. The van der Waals surface area contributed by atoms with Gasteiger partial charge in [-0.1, -0.05) is 0 Å². The number of nitrogens with zero attached hydrogens (tertiary/aromatic N) is 3. The van der Waals surface area contributed by atoms with Crippen molar-refractivity contribution >= 4 is 11.9 Å². The number of carboxylic acids is 1. The molecule has 0 bridgehead atoms. The minimum atomic E-state index is -0.950. The number of piperidine rings is 1. The van der Waals surface area contributed by atoms with Gasteiger partial charge in [0.25, 0.3) is 0 Å². The summed E-state index contributed by atoms with van der Waals surface area (Å²) in [6.45, 7) is 4.15. The summed E-state index contributed by atoms with van der Waals surface area (Å²) in [5.74, 6) is -1.47. The van der Waals surface area contributed by atoms with Gasteiger partial charge in [-0.25, -0.2) is 13.9 Å². The molecule has 1 aliphatic rings. The Morgan fingerprint density at radius 1 is 1.23 bits per heavy atom. The zero-order valence-electron chi connectivity index (χ0n) is 14.9. The molecule has 1 N–H and O–H groups in total. The maximum atomic E-state index is 13.1. The van der Waals surface area contributed by atoms with Crippen LogP contribution >= 0.6 is 0 Å². The molecule has 0 radical (unpaired) electrons. The van der Waals surface area contributed by atoms with Crippen molar-refractivity contribution < 1.29 is 19.1 Å². The lowest BCUT2D eigenvalue weighted by Gasteiger charge is -2.33. The molecule has 1 aliphatic heterocycles. The number of hydrogen-bond donors (Lipinski definition) is 1. The summed E-state index contributed by atoms with van der Waals surface area (Å²) in [6, 6.07) is 5.24. The molecule has 26 heavy (non-hydrogen) atoms. The van der Waals surface area contributed by atoms with Crippen LogP contribution in [0.1, 0.15) is 36.2 Å². The van der Waals surface area contributed by atoms with Gasteiger partial charge in [0, 0.05) is 17.8 Å². The molecule has 3 rings (SSSR count). The topological polar surface area (TPSA) is 75.4 Å². The molecule has 2 heterocycles. The van der Waals surface area contributed by atoms with Crippen molar-refractivity contribution in [3.05, 3.63) is 47.0 Å². The van der Waals surface area contributed by atoms with E-state index in [0.717, 1.165) is 24.1 Å². The second-order valence-electron chi connectivity index (χ2n) is 6.65. The third kappa shape index (κ3) is 3.47. The van der Waals surface area contributed by atoms with Gasteiger partial charge in [0.1, 0.15) is 11.9 Å². The van der Waals surface area contributed by atoms with Crippen LogP contribution in [0.25, 0.3) is 5.69 Å². The number of carboxylic acid groups (broad SMARTS) is 1. The molecule has 138 valence electrons. The van der Waals surface area contributed by atoms with Crippen LogP contribution in [0.15, 0.2) is 24.3 Å². The maximum absolute atomic E-state index is 13.1. The van der Waals surface area contributed by atoms with Gasteiger partial charge in [-0.3, -0.25) is 4.79 Å². The summed E-state index contributed by atoms with van der Waals surface area (Å²) in [5.41, 5.74) is 3.01. The quantitative estimate of drug-likeness (QED) is 0.911. The molecule has 1 aromatic heterocycles. The number of carbonyl (C=O) groups is 2. The molecular weight excluding hydrogens is 337 g/mol. The second-order valence-corrected chi connectivity index (χ2v) is 6.65. The summed E-state index contributed by atoms with van der Waals surface area (Å²) in [4.78, 5) is 25.7. The Bertz CT molecular complexity index is 829. The first-order valence-electron chi connectivity index (χ1n) is 8.72. The standard InChI is InChI=1S/C19H22FN3O3/c1-12-16(11-18(24)22-10-4-3-5-17(22)19(25)26)13(2)23(21-12)15-8-6-14(20)7-9-15/h6-9,17H,3-5,10-11H2,1-2H3,(H,25,26)/t17-/m0/s1. The lowest BCUT2D eigenvalue weighted by atomic mass is 10.0. The lowest BCUT2D eigenvalue weighted by Crippen LogP contribution is -2.48. The summed E-state index contributed by atoms with van der Waals surface area (Å²) in [5, 5.41) is 13.8. The minimum absolute atomic E-state index is 0.114. The van der Waals surface area contributed by atoms with Gasteiger partial charge in [-0.05, 0) is 57.4 Å². The van der Waals surface area contributed by atoms with E-state index in [1.165, 1.54) is 17.0 Å². The predicted octanol–water partition coefficient (Wildman–Crippen LogP) is 2.64. The largest absolute Gasteiger partial charge is 0.480 e. The van der Waals surface area contributed by atoms with Crippen LogP contribution in [0, 0.1) is 19.7 Å². The zero-order valence-corrected chi connectivity index (χ0v) is 14.9. The normalized spacial score (nSPS) is 17.3. The van der Waals surface area contributed by atoms with Crippen LogP contribution in [0.3, 0.4) is 0 Å². The molecule has 6 nitrogen and oxygen atoms in total. The second kappa shape index (κ2) is 7.27. The highest BCUT2D eigenvalue weighted by Crippen LogP contribution is 2.22. The molecule has 1 amide bonds. The van der Waals surface area contributed by atoms with E-state index in [2.05, 4.69) is 5.10 Å². The van der Waals surface area contributed by atoms with Gasteiger partial charge in [-0.15, -0.1) is 0 Å². The van der Waals surface area contributed by atoms with Crippen LogP contribution in [0.4, 0.5) is 4.39 Å². The molecule has 0 spiro atoms. The van der Waals surface area contributed by atoms with Crippen molar-refractivity contribution in [3.8, 4) is 5.69 Å². The first-order chi connectivity index (χ1) is 12.4. The van der Waals surface area contributed by atoms with E-state index in [4.69, 9.17) is 0 Å². The number of amides is 1. The van der Waals surface area contributed by atoms with Crippen LogP contribution in [-0.4, -0.2) is 44.3 Å². The molecule has 1 atom stereocenters. The molecule has 2 aromatic rings. The fourth-order valence-electron chi connectivity index (χ4n) is 3.50. The van der Waals surface area contributed by atoms with Crippen molar-refractivity contribution in [2.75, 3.05) is 6.54 Å². The van der Waals surface area contributed by atoms with Crippen LogP contribution < -0.4 is 0 Å². The molecule has 0 saturated carbocycles. The highest BCUT2D eigenvalue weighted by atomic mass is 19.1. The Morgan fingerprint density at radius 3 is 2.58 bits per heavy atom. The zero-order chi connectivity index (χ0) is 18.8. The number of aliphatic carboxylic acids is 1. The Labute approximate surface area is 151 Å². The number of aryl methyl sites for hydroxylation is 1. The summed E-state index contributed by atoms with van der Waals surface area (Å²) < 4.78 is 14.8. The van der Waals surface area contributed by atoms with Crippen molar-refractivity contribution in [1.29, 1.82) is 0 Å². The van der Waals surface area contributed by atoms with E-state index in [0.29, 0.717) is 24.3 Å². The Kier molecular flexibility index (Phi) is 5.06. The third-order valence-electron chi connectivity index (χ3n) is 4.95. The Balaban J connectivity index is 1.84. The number of carbonyl (C=O) groups excluding carboxylic acids is 1. The molecule has 0 unspecified atom stereocenters. The summed E-state index contributed by atoms with van der Waals surface area (Å²) in [6.07, 6.45) is 2.25. The first-order valence-corrected chi connectivity index (χ1v) is 8.72. The molecule has 7 heteroatoms. The monoisotopic (exact) mass is 359 g/mol. The fourth-order valence-corrected chi connectivity index (χ4v) is 3.50. The van der Waals surface area contributed by atoms with Gasteiger partial charge in [0.05, 0.1) is 17.8 Å². The van der Waals surface area contributed by atoms with Crippen LogP contribution in [-0.2, 0) is 16.0 Å². The smallest absolute Gasteiger partial charge is 0.326 e. The average molecular weight is 359 g/mol. The number of rotatable bonds is 4. The first kappa shape index (κ1) is 18.1. The predicted molar refractivity (Wildman–Crippen MR) is 93.7 cm³/mol. The fraction of sp³-hybridized carbons (Fsp3) is 0.421. The van der Waals surface area contributed by atoms with Crippen LogP contribution in [0.5, 0.6) is 0 Å². The van der Waals surface area contributed by atoms with Crippen molar-refractivity contribution in [3.63, 3.8) is 0 Å². The maximum Gasteiger partial charge on any atom is 0.326 e.